The van der Waals surface area contributed by atoms with Crippen LogP contribution in [-0.4, -0.2) is 16.1 Å². The van der Waals surface area contributed by atoms with Crippen LogP contribution in [0.3, 0.4) is 0 Å². The van der Waals surface area contributed by atoms with Crippen molar-refractivity contribution in [2.75, 3.05) is 5.32 Å². The minimum atomic E-state index is -0.415. The van der Waals surface area contributed by atoms with E-state index in [2.05, 4.69) is 31.4 Å². The van der Waals surface area contributed by atoms with E-state index in [4.69, 9.17) is 4.42 Å². The maximum Gasteiger partial charge on any atom is 0.247 e. The molecule has 1 fully saturated rings. The highest BCUT2D eigenvalue weighted by molar-refractivity contribution is 9.10. The second-order valence-electron chi connectivity index (χ2n) is 5.87. The number of carbonyl (C=O) groups excluding carboxylic acids is 1. The Morgan fingerprint density at radius 2 is 1.96 bits per heavy atom. The molecule has 1 aromatic heterocycles. The van der Waals surface area contributed by atoms with Crippen LogP contribution in [0.25, 0.3) is 11.5 Å². The Hall–Kier alpha value is -2.47. The van der Waals surface area contributed by atoms with E-state index in [9.17, 15) is 4.79 Å². The van der Waals surface area contributed by atoms with Crippen LogP contribution in [0.15, 0.2) is 63.8 Å². The van der Waals surface area contributed by atoms with Gasteiger partial charge in [0.15, 0.2) is 0 Å². The number of anilines is 1. The zero-order valence-corrected chi connectivity index (χ0v) is 14.3. The van der Waals surface area contributed by atoms with E-state index in [-0.39, 0.29) is 5.91 Å². The molecule has 1 N–H and O–H groups in total. The summed E-state index contributed by atoms with van der Waals surface area (Å²) in [5, 5.41) is 10.6. The van der Waals surface area contributed by atoms with Gasteiger partial charge in [-0.3, -0.25) is 4.79 Å². The minimum absolute atomic E-state index is 0.0208. The van der Waals surface area contributed by atoms with Gasteiger partial charge in [0.1, 0.15) is 0 Å². The van der Waals surface area contributed by atoms with Gasteiger partial charge in [-0.05, 0) is 48.7 Å². The van der Waals surface area contributed by atoms with Crippen LogP contribution in [0.1, 0.15) is 18.4 Å². The van der Waals surface area contributed by atoms with Gasteiger partial charge in [0.05, 0.1) is 5.41 Å². The van der Waals surface area contributed by atoms with E-state index in [1.807, 2.05) is 48.5 Å². The lowest BCUT2D eigenvalue weighted by molar-refractivity contribution is -0.118. The normalized spacial score (nSPS) is 15.0. The molecule has 4 rings (SSSR count). The summed E-state index contributed by atoms with van der Waals surface area (Å²) in [6.07, 6.45) is 3.01. The van der Waals surface area contributed by atoms with Crippen LogP contribution in [0.5, 0.6) is 0 Å². The van der Waals surface area contributed by atoms with E-state index in [1.54, 1.807) is 0 Å². The Kier molecular flexibility index (Phi) is 3.69. The van der Waals surface area contributed by atoms with Crippen molar-refractivity contribution in [1.82, 2.24) is 10.2 Å². The molecule has 6 heteroatoms. The van der Waals surface area contributed by atoms with Gasteiger partial charge in [-0.2, -0.15) is 0 Å². The number of carbonyl (C=O) groups is 1. The average molecular weight is 384 g/mol. The first-order chi connectivity index (χ1) is 11.7. The Balaban J connectivity index is 1.56. The number of hydrogen-bond acceptors (Lipinski definition) is 4. The van der Waals surface area contributed by atoms with E-state index in [0.717, 1.165) is 34.1 Å². The number of hydrogen-bond donors (Lipinski definition) is 1. The summed E-state index contributed by atoms with van der Waals surface area (Å²) < 4.78 is 6.21. The smallest absolute Gasteiger partial charge is 0.247 e. The van der Waals surface area contributed by atoms with Crippen molar-refractivity contribution in [1.29, 1.82) is 0 Å². The molecule has 1 saturated carbocycles. The van der Waals surface area contributed by atoms with Crippen LogP contribution in [0, 0.1) is 0 Å². The molecule has 1 aliphatic rings. The molecule has 0 spiro atoms. The topological polar surface area (TPSA) is 68.0 Å². The first kappa shape index (κ1) is 15.1. The molecule has 24 heavy (non-hydrogen) atoms. The van der Waals surface area contributed by atoms with Crippen LogP contribution < -0.4 is 5.32 Å². The van der Waals surface area contributed by atoms with Crippen molar-refractivity contribution >= 4 is 27.5 Å². The fourth-order valence-electron chi connectivity index (χ4n) is 2.82. The molecule has 0 unspecified atom stereocenters. The third kappa shape index (κ3) is 2.73. The molecule has 0 radical (unpaired) electrons. The second kappa shape index (κ2) is 5.87. The van der Waals surface area contributed by atoms with Crippen molar-refractivity contribution in [3.05, 3.63) is 65.0 Å². The molecule has 0 bridgehead atoms. The third-order valence-corrected chi connectivity index (χ3v) is 4.84. The van der Waals surface area contributed by atoms with Crippen molar-refractivity contribution in [2.24, 2.45) is 0 Å². The largest absolute Gasteiger partial charge is 0.423 e. The SMILES string of the molecule is O=C(Nc1cccc(-c2nnco2)c1)C1(c2ccc(Br)cc2)CC1. The summed E-state index contributed by atoms with van der Waals surface area (Å²) in [5.74, 6) is 0.452. The lowest BCUT2D eigenvalue weighted by Crippen LogP contribution is -2.27. The molecule has 1 amide bonds. The van der Waals surface area contributed by atoms with Crippen LogP contribution in [0.2, 0.25) is 0 Å². The Morgan fingerprint density at radius 1 is 1.17 bits per heavy atom. The van der Waals surface area contributed by atoms with Gasteiger partial charge < -0.3 is 9.73 Å². The average Bonchev–Trinajstić information content (AvgIpc) is 3.22. The van der Waals surface area contributed by atoms with Crippen LogP contribution in [0.4, 0.5) is 5.69 Å². The summed E-state index contributed by atoms with van der Waals surface area (Å²) in [6.45, 7) is 0. The molecule has 1 aliphatic carbocycles. The van der Waals surface area contributed by atoms with E-state index in [0.29, 0.717) is 5.89 Å². The zero-order chi connectivity index (χ0) is 16.6. The first-order valence-electron chi connectivity index (χ1n) is 7.61. The molecule has 120 valence electrons. The van der Waals surface area contributed by atoms with Gasteiger partial charge in [-0.1, -0.05) is 34.1 Å². The van der Waals surface area contributed by atoms with Crippen molar-refractivity contribution in [3.63, 3.8) is 0 Å². The molecular weight excluding hydrogens is 370 g/mol. The molecule has 5 nitrogen and oxygen atoms in total. The summed E-state index contributed by atoms with van der Waals surface area (Å²) in [4.78, 5) is 12.8. The lowest BCUT2D eigenvalue weighted by atomic mass is 9.95. The molecule has 0 atom stereocenters. The maximum atomic E-state index is 12.8. The Bertz CT molecular complexity index is 872. The van der Waals surface area contributed by atoms with Gasteiger partial charge in [-0.25, -0.2) is 0 Å². The standard InChI is InChI=1S/C18H14BrN3O2/c19-14-6-4-13(5-7-14)18(8-9-18)17(23)21-15-3-1-2-12(10-15)16-22-20-11-24-16/h1-7,10-11H,8-9H2,(H,21,23). The first-order valence-corrected chi connectivity index (χ1v) is 8.41. The van der Waals surface area contributed by atoms with E-state index in [1.165, 1.54) is 6.39 Å². The van der Waals surface area contributed by atoms with Crippen molar-refractivity contribution < 1.29 is 9.21 Å². The number of nitrogens with one attached hydrogen (secondary N) is 1. The zero-order valence-electron chi connectivity index (χ0n) is 12.7. The predicted octanol–water partition coefficient (Wildman–Crippen LogP) is 4.17. The molecule has 3 aromatic rings. The maximum absolute atomic E-state index is 12.8. The van der Waals surface area contributed by atoms with Gasteiger partial charge in [0, 0.05) is 15.7 Å². The number of amides is 1. The number of benzene rings is 2. The van der Waals surface area contributed by atoms with Crippen LogP contribution >= 0.6 is 15.9 Å². The van der Waals surface area contributed by atoms with Crippen molar-refractivity contribution in [2.45, 2.75) is 18.3 Å². The highest BCUT2D eigenvalue weighted by Gasteiger charge is 2.51. The van der Waals surface area contributed by atoms with Gasteiger partial charge in [0.25, 0.3) is 0 Å². The molecule has 2 aromatic carbocycles. The second-order valence-corrected chi connectivity index (χ2v) is 6.78. The highest BCUT2D eigenvalue weighted by atomic mass is 79.9. The number of halogens is 1. The van der Waals surface area contributed by atoms with Gasteiger partial charge >= 0.3 is 0 Å². The van der Waals surface area contributed by atoms with Crippen LogP contribution in [-0.2, 0) is 10.2 Å². The number of rotatable bonds is 4. The fraction of sp³-hybridized carbons (Fsp3) is 0.167. The summed E-state index contributed by atoms with van der Waals surface area (Å²) >= 11 is 3.43. The third-order valence-electron chi connectivity index (χ3n) is 4.31. The Labute approximate surface area is 147 Å². The van der Waals surface area contributed by atoms with Crippen molar-refractivity contribution in [3.8, 4) is 11.5 Å². The molecular formula is C18H14BrN3O2. The molecule has 1 heterocycles. The summed E-state index contributed by atoms with van der Waals surface area (Å²) in [5.41, 5.74) is 2.13. The summed E-state index contributed by atoms with van der Waals surface area (Å²) in [6, 6.07) is 15.4. The predicted molar refractivity (Wildman–Crippen MR) is 93.4 cm³/mol. The lowest BCUT2D eigenvalue weighted by Gasteiger charge is -2.16. The van der Waals surface area contributed by atoms with E-state index < -0.39 is 5.41 Å². The van der Waals surface area contributed by atoms with E-state index >= 15 is 0 Å². The quantitative estimate of drug-likeness (QED) is 0.733. The summed E-state index contributed by atoms with van der Waals surface area (Å²) in [7, 11) is 0. The number of nitrogens with zero attached hydrogens (tertiary/aromatic N) is 2. The molecule has 0 saturated heterocycles. The Morgan fingerprint density at radius 3 is 2.62 bits per heavy atom. The fourth-order valence-corrected chi connectivity index (χ4v) is 3.08. The van der Waals surface area contributed by atoms with Gasteiger partial charge in [0.2, 0.25) is 18.2 Å². The van der Waals surface area contributed by atoms with Gasteiger partial charge in [-0.15, -0.1) is 10.2 Å². The molecule has 0 aliphatic heterocycles. The monoisotopic (exact) mass is 383 g/mol. The highest BCUT2D eigenvalue weighted by Crippen LogP contribution is 2.49. The number of aromatic nitrogens is 2. The minimum Gasteiger partial charge on any atom is -0.423 e.